The van der Waals surface area contributed by atoms with Crippen molar-refractivity contribution >= 4 is 5.97 Å². The van der Waals surface area contributed by atoms with E-state index >= 15 is 0 Å². The van der Waals surface area contributed by atoms with Crippen LogP contribution in [0, 0.1) is 11.6 Å². The van der Waals surface area contributed by atoms with Crippen LogP contribution < -0.4 is 0 Å². The van der Waals surface area contributed by atoms with Crippen LogP contribution in [0.3, 0.4) is 0 Å². The zero-order chi connectivity index (χ0) is 13.1. The second-order valence-electron chi connectivity index (χ2n) is 3.70. The lowest BCUT2D eigenvalue weighted by Gasteiger charge is -2.05. The third-order valence-corrected chi connectivity index (χ3v) is 2.53. The maximum Gasteiger partial charge on any atom is 0.340 e. The SMILES string of the molecule is COC(=O)c1cc(-c2cccc(F)c2)ccc1F. The van der Waals surface area contributed by atoms with E-state index in [1.165, 1.54) is 31.4 Å². The smallest absolute Gasteiger partial charge is 0.340 e. The van der Waals surface area contributed by atoms with E-state index in [1.807, 2.05) is 0 Å². The maximum absolute atomic E-state index is 13.4. The summed E-state index contributed by atoms with van der Waals surface area (Å²) in [5.41, 5.74) is 0.954. The summed E-state index contributed by atoms with van der Waals surface area (Å²) in [5.74, 6) is -1.82. The van der Waals surface area contributed by atoms with Crippen LogP contribution >= 0.6 is 0 Å². The largest absolute Gasteiger partial charge is 0.465 e. The Kier molecular flexibility index (Phi) is 3.37. The number of ether oxygens (including phenoxy) is 1. The summed E-state index contributed by atoms with van der Waals surface area (Å²) in [4.78, 5) is 11.3. The molecule has 0 heterocycles. The average Bonchev–Trinajstić information content (AvgIpc) is 2.38. The minimum Gasteiger partial charge on any atom is -0.465 e. The van der Waals surface area contributed by atoms with Gasteiger partial charge in [-0.05, 0) is 35.4 Å². The van der Waals surface area contributed by atoms with E-state index in [-0.39, 0.29) is 5.56 Å². The lowest BCUT2D eigenvalue weighted by Crippen LogP contribution is -2.04. The number of esters is 1. The molecule has 2 rings (SSSR count). The van der Waals surface area contributed by atoms with Gasteiger partial charge in [0.2, 0.25) is 0 Å². The van der Waals surface area contributed by atoms with Crippen LogP contribution in [0.4, 0.5) is 8.78 Å². The van der Waals surface area contributed by atoms with Gasteiger partial charge in [-0.1, -0.05) is 18.2 Å². The highest BCUT2D eigenvalue weighted by Crippen LogP contribution is 2.23. The Bertz CT molecular complexity index is 594. The molecule has 0 fully saturated rings. The van der Waals surface area contributed by atoms with Crippen molar-refractivity contribution in [1.82, 2.24) is 0 Å². The molecule has 0 aliphatic rings. The van der Waals surface area contributed by atoms with Gasteiger partial charge in [-0.2, -0.15) is 0 Å². The van der Waals surface area contributed by atoms with E-state index in [9.17, 15) is 13.6 Å². The van der Waals surface area contributed by atoms with E-state index < -0.39 is 17.6 Å². The zero-order valence-electron chi connectivity index (χ0n) is 9.61. The molecule has 0 N–H and O–H groups in total. The molecule has 2 aromatic carbocycles. The van der Waals surface area contributed by atoms with Gasteiger partial charge in [-0.3, -0.25) is 0 Å². The molecule has 0 aromatic heterocycles. The molecule has 2 nitrogen and oxygen atoms in total. The molecule has 0 aliphatic carbocycles. The van der Waals surface area contributed by atoms with Crippen LogP contribution in [0.15, 0.2) is 42.5 Å². The lowest BCUT2D eigenvalue weighted by atomic mass is 10.0. The number of carbonyl (C=O) groups excluding carboxylic acids is 1. The predicted molar refractivity (Wildman–Crippen MR) is 63.1 cm³/mol. The van der Waals surface area contributed by atoms with Crippen molar-refractivity contribution in [1.29, 1.82) is 0 Å². The Balaban J connectivity index is 2.50. The van der Waals surface area contributed by atoms with Crippen LogP contribution in [0.2, 0.25) is 0 Å². The van der Waals surface area contributed by atoms with Crippen molar-refractivity contribution in [3.05, 3.63) is 59.7 Å². The van der Waals surface area contributed by atoms with E-state index in [0.717, 1.165) is 6.07 Å². The molecule has 0 aliphatic heterocycles. The molecule has 0 radical (unpaired) electrons. The molecule has 0 saturated carbocycles. The average molecular weight is 248 g/mol. The van der Waals surface area contributed by atoms with Crippen LogP contribution in [0.5, 0.6) is 0 Å². The molecular weight excluding hydrogens is 238 g/mol. The number of benzene rings is 2. The molecule has 0 saturated heterocycles. The van der Waals surface area contributed by atoms with Gasteiger partial charge in [0.1, 0.15) is 11.6 Å². The van der Waals surface area contributed by atoms with Crippen molar-refractivity contribution in [3.63, 3.8) is 0 Å². The number of halogens is 2. The van der Waals surface area contributed by atoms with E-state index in [0.29, 0.717) is 11.1 Å². The first-order chi connectivity index (χ1) is 8.61. The summed E-state index contributed by atoms with van der Waals surface area (Å²) < 4.78 is 31.0. The fourth-order valence-corrected chi connectivity index (χ4v) is 1.64. The number of hydrogen-bond acceptors (Lipinski definition) is 2. The van der Waals surface area contributed by atoms with Crippen molar-refractivity contribution in [2.75, 3.05) is 7.11 Å². The number of carbonyl (C=O) groups is 1. The summed E-state index contributed by atoms with van der Waals surface area (Å²) in [5, 5.41) is 0. The van der Waals surface area contributed by atoms with Crippen LogP contribution in [-0.2, 0) is 4.74 Å². The van der Waals surface area contributed by atoms with E-state index in [2.05, 4.69) is 4.74 Å². The molecule has 2 aromatic rings. The Hall–Kier alpha value is -2.23. The zero-order valence-corrected chi connectivity index (χ0v) is 9.61. The number of hydrogen-bond donors (Lipinski definition) is 0. The number of rotatable bonds is 2. The van der Waals surface area contributed by atoms with Crippen LogP contribution in [-0.4, -0.2) is 13.1 Å². The summed E-state index contributed by atoms with van der Waals surface area (Å²) in [6.45, 7) is 0. The molecule has 0 amide bonds. The molecule has 0 unspecified atom stereocenters. The minimum atomic E-state index is -0.759. The topological polar surface area (TPSA) is 26.3 Å². The molecule has 92 valence electrons. The monoisotopic (exact) mass is 248 g/mol. The molecular formula is C14H10F2O2. The third-order valence-electron chi connectivity index (χ3n) is 2.53. The minimum absolute atomic E-state index is 0.167. The van der Waals surface area contributed by atoms with Gasteiger partial charge in [-0.25, -0.2) is 13.6 Å². The predicted octanol–water partition coefficient (Wildman–Crippen LogP) is 3.42. The molecule has 0 atom stereocenters. The summed E-state index contributed by atoms with van der Waals surface area (Å²) in [6.07, 6.45) is 0. The first-order valence-corrected chi connectivity index (χ1v) is 5.25. The van der Waals surface area contributed by atoms with Gasteiger partial charge in [0.25, 0.3) is 0 Å². The van der Waals surface area contributed by atoms with Crippen molar-refractivity contribution in [3.8, 4) is 11.1 Å². The highest BCUT2D eigenvalue weighted by Gasteiger charge is 2.13. The standard InChI is InChI=1S/C14H10F2O2/c1-18-14(17)12-8-10(5-6-13(12)16)9-3-2-4-11(15)7-9/h2-8H,1H3. The Morgan fingerprint density at radius 3 is 2.44 bits per heavy atom. The van der Waals surface area contributed by atoms with Gasteiger partial charge in [0, 0.05) is 0 Å². The Morgan fingerprint density at radius 2 is 1.78 bits per heavy atom. The quantitative estimate of drug-likeness (QED) is 0.761. The fraction of sp³-hybridized carbons (Fsp3) is 0.0714. The first kappa shape index (κ1) is 12.2. The van der Waals surface area contributed by atoms with Gasteiger partial charge in [0.15, 0.2) is 0 Å². The van der Waals surface area contributed by atoms with Crippen molar-refractivity contribution in [2.24, 2.45) is 0 Å². The normalized spacial score (nSPS) is 10.2. The van der Waals surface area contributed by atoms with Gasteiger partial charge >= 0.3 is 5.97 Å². The highest BCUT2D eigenvalue weighted by atomic mass is 19.1. The Labute approximate surface area is 103 Å². The molecule has 0 bridgehead atoms. The maximum atomic E-state index is 13.4. The molecule has 4 heteroatoms. The number of methoxy groups -OCH3 is 1. The second kappa shape index (κ2) is 4.96. The van der Waals surface area contributed by atoms with Crippen molar-refractivity contribution in [2.45, 2.75) is 0 Å². The third kappa shape index (κ3) is 2.37. The summed E-state index contributed by atoms with van der Waals surface area (Å²) >= 11 is 0. The van der Waals surface area contributed by atoms with Crippen molar-refractivity contribution < 1.29 is 18.3 Å². The van der Waals surface area contributed by atoms with Gasteiger partial charge < -0.3 is 4.74 Å². The van der Waals surface area contributed by atoms with Crippen LogP contribution in [0.25, 0.3) is 11.1 Å². The summed E-state index contributed by atoms with van der Waals surface area (Å²) in [7, 11) is 1.18. The molecule has 18 heavy (non-hydrogen) atoms. The lowest BCUT2D eigenvalue weighted by molar-refractivity contribution is 0.0595. The first-order valence-electron chi connectivity index (χ1n) is 5.25. The second-order valence-corrected chi connectivity index (χ2v) is 3.70. The van der Waals surface area contributed by atoms with Gasteiger partial charge in [-0.15, -0.1) is 0 Å². The van der Waals surface area contributed by atoms with E-state index in [4.69, 9.17) is 0 Å². The van der Waals surface area contributed by atoms with E-state index in [1.54, 1.807) is 12.1 Å². The van der Waals surface area contributed by atoms with Crippen LogP contribution in [0.1, 0.15) is 10.4 Å². The van der Waals surface area contributed by atoms with Gasteiger partial charge in [0.05, 0.1) is 12.7 Å². The highest BCUT2D eigenvalue weighted by molar-refractivity contribution is 5.91. The fourth-order valence-electron chi connectivity index (χ4n) is 1.64. The Morgan fingerprint density at radius 1 is 1.06 bits per heavy atom. The summed E-state index contributed by atoms with van der Waals surface area (Å²) in [6, 6.07) is 9.84. The molecule has 0 spiro atoms.